The molecule has 0 bridgehead atoms. The van der Waals surface area contributed by atoms with Gasteiger partial charge in [0, 0.05) is 5.39 Å². The highest BCUT2D eigenvalue weighted by atomic mass is 32.1. The van der Waals surface area contributed by atoms with Gasteiger partial charge < -0.3 is 0 Å². The molecule has 1 aromatic carbocycles. The molecule has 0 atom stereocenters. The predicted molar refractivity (Wildman–Crippen MR) is 51.3 cm³/mol. The van der Waals surface area contributed by atoms with Crippen LogP contribution >= 0.6 is 11.5 Å². The van der Waals surface area contributed by atoms with Gasteiger partial charge in [-0.15, -0.1) is 0 Å². The minimum absolute atomic E-state index is 0.350. The number of nitrogens with two attached hydrogens (primary N) is 1. The highest BCUT2D eigenvalue weighted by Gasteiger charge is 2.11. The molecule has 0 aliphatic carbocycles. The van der Waals surface area contributed by atoms with Gasteiger partial charge >= 0.3 is 0 Å². The molecule has 0 fully saturated rings. The number of hydrogen-bond donors (Lipinski definition) is 2. The Morgan fingerprint density at radius 2 is 2.23 bits per heavy atom. The third kappa shape index (κ3) is 1.28. The normalized spacial score (nSPS) is 10.2. The quantitative estimate of drug-likeness (QED) is 0.401. The minimum atomic E-state index is -0.350. The highest BCUT2D eigenvalue weighted by molar-refractivity contribution is 7.13. The van der Waals surface area contributed by atoms with Crippen LogP contribution in [0.15, 0.2) is 24.3 Å². The van der Waals surface area contributed by atoms with Crippen LogP contribution in [-0.4, -0.2) is 10.3 Å². The molecule has 66 valence electrons. The van der Waals surface area contributed by atoms with E-state index in [0.29, 0.717) is 5.69 Å². The summed E-state index contributed by atoms with van der Waals surface area (Å²) in [5, 5.41) is 0.843. The Hall–Kier alpha value is -1.46. The Bertz CT molecular complexity index is 451. The van der Waals surface area contributed by atoms with Gasteiger partial charge in [-0.3, -0.25) is 10.2 Å². The van der Waals surface area contributed by atoms with Crippen LogP contribution in [-0.2, 0) is 0 Å². The maximum absolute atomic E-state index is 11.2. The molecule has 0 radical (unpaired) electrons. The molecule has 1 amide bonds. The second-order valence-corrected chi connectivity index (χ2v) is 3.31. The SMILES string of the molecule is NNC(=O)c1nsc2ccccc12. The third-order valence-corrected chi connectivity index (χ3v) is 2.55. The molecule has 3 N–H and O–H groups in total. The van der Waals surface area contributed by atoms with Crippen molar-refractivity contribution in [3.63, 3.8) is 0 Å². The Morgan fingerprint density at radius 3 is 3.00 bits per heavy atom. The van der Waals surface area contributed by atoms with E-state index in [-0.39, 0.29) is 5.91 Å². The van der Waals surface area contributed by atoms with E-state index in [1.807, 2.05) is 24.3 Å². The lowest BCUT2D eigenvalue weighted by atomic mass is 10.2. The first kappa shape index (κ1) is 8.15. The second kappa shape index (κ2) is 3.12. The molecule has 13 heavy (non-hydrogen) atoms. The van der Waals surface area contributed by atoms with E-state index in [9.17, 15) is 4.79 Å². The summed E-state index contributed by atoms with van der Waals surface area (Å²) in [7, 11) is 0. The van der Waals surface area contributed by atoms with Gasteiger partial charge in [0.15, 0.2) is 5.69 Å². The summed E-state index contributed by atoms with van der Waals surface area (Å²) < 4.78 is 5.00. The number of nitrogen functional groups attached to an aromatic ring is 1. The fourth-order valence-corrected chi connectivity index (χ4v) is 1.89. The summed E-state index contributed by atoms with van der Waals surface area (Å²) in [5.74, 6) is 4.67. The van der Waals surface area contributed by atoms with Crippen molar-refractivity contribution >= 4 is 27.5 Å². The number of rotatable bonds is 1. The van der Waals surface area contributed by atoms with Crippen LogP contribution in [0.5, 0.6) is 0 Å². The summed E-state index contributed by atoms with van der Waals surface area (Å²) in [6, 6.07) is 7.54. The molecule has 5 heteroatoms. The first-order valence-electron chi connectivity index (χ1n) is 3.68. The first-order chi connectivity index (χ1) is 6.33. The molecule has 2 aromatic rings. The largest absolute Gasteiger partial charge is 0.289 e. The molecular formula is C8H7N3OS. The Labute approximate surface area is 78.5 Å². The number of nitrogens with one attached hydrogen (secondary N) is 1. The number of aromatic nitrogens is 1. The number of carbonyl (C=O) groups excluding carboxylic acids is 1. The number of nitrogens with zero attached hydrogens (tertiary/aromatic N) is 1. The van der Waals surface area contributed by atoms with Crippen molar-refractivity contribution in [2.45, 2.75) is 0 Å². The summed E-state index contributed by atoms with van der Waals surface area (Å²) in [6.07, 6.45) is 0. The lowest BCUT2D eigenvalue weighted by Gasteiger charge is -1.93. The molecule has 0 aliphatic heterocycles. The fraction of sp³-hybridized carbons (Fsp3) is 0. The number of fused-ring (bicyclic) bond motifs is 1. The molecule has 1 heterocycles. The predicted octanol–water partition coefficient (Wildman–Crippen LogP) is 0.900. The van der Waals surface area contributed by atoms with Gasteiger partial charge in [-0.2, -0.15) is 4.37 Å². The first-order valence-corrected chi connectivity index (χ1v) is 4.45. The van der Waals surface area contributed by atoms with E-state index in [2.05, 4.69) is 9.80 Å². The monoisotopic (exact) mass is 193 g/mol. The molecule has 0 saturated heterocycles. The fourth-order valence-electron chi connectivity index (χ4n) is 1.12. The van der Waals surface area contributed by atoms with Crippen molar-refractivity contribution in [3.8, 4) is 0 Å². The van der Waals surface area contributed by atoms with Gasteiger partial charge in [-0.05, 0) is 17.6 Å². The third-order valence-electron chi connectivity index (χ3n) is 1.72. The molecule has 0 unspecified atom stereocenters. The number of amides is 1. The van der Waals surface area contributed by atoms with Crippen LogP contribution in [0.4, 0.5) is 0 Å². The molecular weight excluding hydrogens is 186 g/mol. The Kier molecular flexibility index (Phi) is 1.96. The van der Waals surface area contributed by atoms with Crippen LogP contribution < -0.4 is 11.3 Å². The van der Waals surface area contributed by atoms with Gasteiger partial charge in [0.1, 0.15) is 0 Å². The number of hydrogen-bond acceptors (Lipinski definition) is 4. The lowest BCUT2D eigenvalue weighted by Crippen LogP contribution is -2.30. The zero-order valence-corrected chi connectivity index (χ0v) is 7.47. The average Bonchev–Trinajstić information content (AvgIpc) is 2.60. The van der Waals surface area contributed by atoms with Crippen molar-refractivity contribution in [2.24, 2.45) is 5.84 Å². The average molecular weight is 193 g/mol. The zero-order valence-electron chi connectivity index (χ0n) is 6.65. The van der Waals surface area contributed by atoms with E-state index in [0.717, 1.165) is 10.1 Å². The van der Waals surface area contributed by atoms with Gasteiger partial charge in [0.05, 0.1) is 4.70 Å². The lowest BCUT2D eigenvalue weighted by molar-refractivity contribution is 0.0951. The number of benzene rings is 1. The number of carbonyl (C=O) groups is 1. The Morgan fingerprint density at radius 1 is 1.46 bits per heavy atom. The van der Waals surface area contributed by atoms with Crippen molar-refractivity contribution in [1.82, 2.24) is 9.80 Å². The maximum Gasteiger partial charge on any atom is 0.285 e. The zero-order chi connectivity index (χ0) is 9.26. The molecule has 4 nitrogen and oxygen atoms in total. The molecule has 2 rings (SSSR count). The van der Waals surface area contributed by atoms with E-state index < -0.39 is 0 Å². The summed E-state index contributed by atoms with van der Waals surface area (Å²) in [4.78, 5) is 11.2. The standard InChI is InChI=1S/C8H7N3OS/c9-10-8(12)7-5-3-1-2-4-6(5)13-11-7/h1-4H,9H2,(H,10,12). The summed E-state index contributed by atoms with van der Waals surface area (Å²) in [6.45, 7) is 0. The summed E-state index contributed by atoms with van der Waals surface area (Å²) in [5.41, 5.74) is 2.46. The van der Waals surface area contributed by atoms with Gasteiger partial charge in [-0.1, -0.05) is 18.2 Å². The van der Waals surface area contributed by atoms with Gasteiger partial charge in [0.2, 0.25) is 0 Å². The Balaban J connectivity index is 2.64. The van der Waals surface area contributed by atoms with Crippen LogP contribution in [0.3, 0.4) is 0 Å². The van der Waals surface area contributed by atoms with E-state index in [1.54, 1.807) is 0 Å². The van der Waals surface area contributed by atoms with Crippen LogP contribution in [0.25, 0.3) is 10.1 Å². The molecule has 0 saturated carbocycles. The number of hydrazine groups is 1. The smallest absolute Gasteiger partial charge is 0.285 e. The van der Waals surface area contributed by atoms with E-state index in [1.165, 1.54) is 11.5 Å². The van der Waals surface area contributed by atoms with Crippen LogP contribution in [0, 0.1) is 0 Å². The van der Waals surface area contributed by atoms with E-state index in [4.69, 9.17) is 5.84 Å². The van der Waals surface area contributed by atoms with Crippen molar-refractivity contribution < 1.29 is 4.79 Å². The van der Waals surface area contributed by atoms with Gasteiger partial charge in [0.25, 0.3) is 5.91 Å². The second-order valence-electron chi connectivity index (χ2n) is 2.50. The van der Waals surface area contributed by atoms with Crippen LogP contribution in [0.2, 0.25) is 0 Å². The van der Waals surface area contributed by atoms with Crippen molar-refractivity contribution in [2.75, 3.05) is 0 Å². The highest BCUT2D eigenvalue weighted by Crippen LogP contribution is 2.21. The molecule has 0 spiro atoms. The van der Waals surface area contributed by atoms with Crippen molar-refractivity contribution in [1.29, 1.82) is 0 Å². The minimum Gasteiger partial charge on any atom is -0.289 e. The molecule has 0 aliphatic rings. The topological polar surface area (TPSA) is 68.0 Å². The van der Waals surface area contributed by atoms with Crippen molar-refractivity contribution in [3.05, 3.63) is 30.0 Å². The summed E-state index contributed by atoms with van der Waals surface area (Å²) >= 11 is 1.29. The molecule has 1 aromatic heterocycles. The van der Waals surface area contributed by atoms with Crippen LogP contribution in [0.1, 0.15) is 10.5 Å². The van der Waals surface area contributed by atoms with E-state index >= 15 is 0 Å². The van der Waals surface area contributed by atoms with Gasteiger partial charge in [-0.25, -0.2) is 5.84 Å². The maximum atomic E-state index is 11.2.